The molecular formula is C21H15FN2O4. The van der Waals surface area contributed by atoms with Gasteiger partial charge in [0.05, 0.1) is 17.0 Å². The van der Waals surface area contributed by atoms with Gasteiger partial charge in [0.2, 0.25) is 0 Å². The molecule has 1 aliphatic rings. The molecule has 0 saturated heterocycles. The van der Waals surface area contributed by atoms with Gasteiger partial charge in [-0.25, -0.2) is 4.39 Å². The Morgan fingerprint density at radius 2 is 2.00 bits per heavy atom. The molecule has 0 aliphatic carbocycles. The number of benzene rings is 2. The minimum atomic E-state index is -1.00. The van der Waals surface area contributed by atoms with Gasteiger partial charge in [-0.2, -0.15) is 0 Å². The van der Waals surface area contributed by atoms with E-state index < -0.39 is 29.3 Å². The van der Waals surface area contributed by atoms with E-state index in [4.69, 9.17) is 4.42 Å². The quantitative estimate of drug-likeness (QED) is 0.498. The molecule has 3 heterocycles. The lowest BCUT2D eigenvalue weighted by Crippen LogP contribution is -2.46. The molecule has 28 heavy (non-hydrogen) atoms. The van der Waals surface area contributed by atoms with Gasteiger partial charge in [0.15, 0.2) is 5.43 Å². The van der Waals surface area contributed by atoms with Gasteiger partial charge < -0.3 is 14.5 Å². The first-order chi connectivity index (χ1) is 13.5. The van der Waals surface area contributed by atoms with Gasteiger partial charge in [0.25, 0.3) is 0 Å². The summed E-state index contributed by atoms with van der Waals surface area (Å²) in [4.78, 5) is 28.1. The van der Waals surface area contributed by atoms with E-state index in [-0.39, 0.29) is 16.5 Å². The summed E-state index contributed by atoms with van der Waals surface area (Å²) in [7, 11) is 0. The largest absolute Gasteiger partial charge is 0.480 e. The van der Waals surface area contributed by atoms with Gasteiger partial charge in [-0.3, -0.25) is 14.9 Å². The van der Waals surface area contributed by atoms with Crippen molar-refractivity contribution >= 4 is 27.8 Å². The van der Waals surface area contributed by atoms with E-state index >= 15 is 0 Å². The third-order valence-electron chi connectivity index (χ3n) is 5.28. The topological polar surface area (TPSA) is 95.3 Å². The second kappa shape index (κ2) is 6.03. The Hall–Kier alpha value is -3.45. The molecule has 1 aliphatic heterocycles. The van der Waals surface area contributed by atoms with Crippen LogP contribution in [-0.2, 0) is 11.2 Å². The molecule has 2 aromatic heterocycles. The number of hydrogen-bond donors (Lipinski definition) is 3. The van der Waals surface area contributed by atoms with E-state index in [9.17, 15) is 19.1 Å². The zero-order chi connectivity index (χ0) is 19.4. The van der Waals surface area contributed by atoms with Crippen LogP contribution in [0.2, 0.25) is 0 Å². The molecule has 3 N–H and O–H groups in total. The van der Waals surface area contributed by atoms with Crippen molar-refractivity contribution in [2.75, 3.05) is 0 Å². The van der Waals surface area contributed by atoms with Crippen LogP contribution in [-0.4, -0.2) is 22.1 Å². The third-order valence-corrected chi connectivity index (χ3v) is 5.28. The highest BCUT2D eigenvalue weighted by Crippen LogP contribution is 2.34. The summed E-state index contributed by atoms with van der Waals surface area (Å²) in [6.07, 6.45) is 1.61. The molecule has 4 aromatic rings. The van der Waals surface area contributed by atoms with Crippen LogP contribution in [0.3, 0.4) is 0 Å². The molecule has 2 unspecified atom stereocenters. The minimum Gasteiger partial charge on any atom is -0.480 e. The molecule has 7 heteroatoms. The number of halogens is 1. The molecule has 0 bridgehead atoms. The predicted molar refractivity (Wildman–Crippen MR) is 101 cm³/mol. The maximum Gasteiger partial charge on any atom is 0.321 e. The number of carboxylic acid groups (broad SMARTS) is 1. The fraction of sp³-hybridized carbons (Fsp3) is 0.143. The number of para-hydroxylation sites is 1. The highest BCUT2D eigenvalue weighted by molar-refractivity contribution is 5.87. The molecule has 0 radical (unpaired) electrons. The highest BCUT2D eigenvalue weighted by atomic mass is 19.1. The standard InChI is InChI=1S/C21H15FN2O4/c22-10-5-6-17-13(7-10)20(25)14(9-28-17)19-18-12(8-16(24-19)21(26)27)11-3-1-2-4-15(11)23-18/h1-7,9,16,19,23-24H,8H2,(H,26,27). The first-order valence-corrected chi connectivity index (χ1v) is 8.82. The maximum absolute atomic E-state index is 13.7. The number of aromatic nitrogens is 1. The van der Waals surface area contributed by atoms with E-state index in [1.165, 1.54) is 18.4 Å². The molecule has 0 fully saturated rings. The average molecular weight is 378 g/mol. The van der Waals surface area contributed by atoms with Crippen molar-refractivity contribution in [3.05, 3.63) is 81.6 Å². The van der Waals surface area contributed by atoms with Crippen LogP contribution >= 0.6 is 0 Å². The van der Waals surface area contributed by atoms with Gasteiger partial charge in [-0.1, -0.05) is 18.2 Å². The predicted octanol–water partition coefficient (Wildman–Crippen LogP) is 3.10. The van der Waals surface area contributed by atoms with Crippen LogP contribution in [0.15, 0.2) is 57.9 Å². The molecule has 6 nitrogen and oxygen atoms in total. The van der Waals surface area contributed by atoms with Gasteiger partial charge in [-0.15, -0.1) is 0 Å². The number of carboxylic acids is 1. The van der Waals surface area contributed by atoms with Crippen molar-refractivity contribution in [3.63, 3.8) is 0 Å². The lowest BCUT2D eigenvalue weighted by molar-refractivity contribution is -0.139. The number of aliphatic carboxylic acids is 1. The number of nitrogens with one attached hydrogen (secondary N) is 2. The van der Waals surface area contributed by atoms with E-state index in [1.807, 2.05) is 24.3 Å². The molecule has 2 aromatic carbocycles. The summed E-state index contributed by atoms with van der Waals surface area (Å²) in [6.45, 7) is 0. The second-order valence-corrected chi connectivity index (χ2v) is 6.92. The van der Waals surface area contributed by atoms with Crippen LogP contribution in [0, 0.1) is 5.82 Å². The van der Waals surface area contributed by atoms with Crippen LogP contribution in [0.5, 0.6) is 0 Å². The summed E-state index contributed by atoms with van der Waals surface area (Å²) >= 11 is 0. The fourth-order valence-corrected chi connectivity index (χ4v) is 3.96. The Bertz CT molecular complexity index is 1310. The van der Waals surface area contributed by atoms with Crippen molar-refractivity contribution in [1.29, 1.82) is 0 Å². The summed E-state index contributed by atoms with van der Waals surface area (Å²) in [6, 6.07) is 9.78. The zero-order valence-corrected chi connectivity index (χ0v) is 14.5. The Balaban J connectivity index is 1.76. The SMILES string of the molecule is O=C(O)C1Cc2c([nH]c3ccccc23)C(c2coc3ccc(F)cc3c2=O)N1. The zero-order valence-electron chi connectivity index (χ0n) is 14.5. The van der Waals surface area contributed by atoms with Crippen molar-refractivity contribution in [2.45, 2.75) is 18.5 Å². The molecular weight excluding hydrogens is 363 g/mol. The summed E-state index contributed by atoms with van der Waals surface area (Å²) in [5.41, 5.74) is 2.55. The summed E-state index contributed by atoms with van der Waals surface area (Å²) in [5.74, 6) is -1.54. The molecule has 0 amide bonds. The van der Waals surface area contributed by atoms with E-state index in [0.717, 1.165) is 28.2 Å². The van der Waals surface area contributed by atoms with E-state index in [2.05, 4.69) is 10.3 Å². The van der Waals surface area contributed by atoms with Crippen LogP contribution in [0.4, 0.5) is 4.39 Å². The van der Waals surface area contributed by atoms with Gasteiger partial charge in [0.1, 0.15) is 23.7 Å². The third kappa shape index (κ3) is 2.44. The average Bonchev–Trinajstić information content (AvgIpc) is 3.07. The normalized spacial score (nSPS) is 19.0. The Labute approximate surface area is 157 Å². The molecule has 0 spiro atoms. The van der Waals surface area contributed by atoms with Crippen LogP contribution in [0.1, 0.15) is 22.9 Å². The number of rotatable bonds is 2. The van der Waals surface area contributed by atoms with Crippen molar-refractivity contribution in [1.82, 2.24) is 10.3 Å². The lowest BCUT2D eigenvalue weighted by Gasteiger charge is -2.28. The Kier molecular flexibility index (Phi) is 3.60. The van der Waals surface area contributed by atoms with Crippen LogP contribution < -0.4 is 10.7 Å². The van der Waals surface area contributed by atoms with Gasteiger partial charge in [-0.05, 0) is 29.8 Å². The summed E-state index contributed by atoms with van der Waals surface area (Å²) in [5, 5.41) is 13.7. The minimum absolute atomic E-state index is 0.120. The number of hydrogen-bond acceptors (Lipinski definition) is 4. The Morgan fingerprint density at radius 1 is 1.18 bits per heavy atom. The number of carbonyl (C=O) groups is 1. The monoisotopic (exact) mass is 378 g/mol. The van der Waals surface area contributed by atoms with E-state index in [0.29, 0.717) is 6.42 Å². The molecule has 5 rings (SSSR count). The lowest BCUT2D eigenvalue weighted by atomic mass is 9.90. The first kappa shape index (κ1) is 16.7. The smallest absolute Gasteiger partial charge is 0.321 e. The van der Waals surface area contributed by atoms with Gasteiger partial charge in [0, 0.05) is 23.0 Å². The van der Waals surface area contributed by atoms with Crippen molar-refractivity contribution in [3.8, 4) is 0 Å². The van der Waals surface area contributed by atoms with Crippen molar-refractivity contribution in [2.24, 2.45) is 0 Å². The molecule has 2 atom stereocenters. The second-order valence-electron chi connectivity index (χ2n) is 6.92. The van der Waals surface area contributed by atoms with Gasteiger partial charge >= 0.3 is 5.97 Å². The number of aromatic amines is 1. The number of fused-ring (bicyclic) bond motifs is 4. The maximum atomic E-state index is 13.7. The molecule has 140 valence electrons. The fourth-order valence-electron chi connectivity index (χ4n) is 3.96. The Morgan fingerprint density at radius 3 is 2.82 bits per heavy atom. The number of H-pyrrole nitrogens is 1. The molecule has 0 saturated carbocycles. The van der Waals surface area contributed by atoms with Crippen LogP contribution in [0.25, 0.3) is 21.9 Å². The first-order valence-electron chi connectivity index (χ1n) is 8.82. The van der Waals surface area contributed by atoms with E-state index in [1.54, 1.807) is 0 Å². The highest BCUT2D eigenvalue weighted by Gasteiger charge is 2.35. The summed E-state index contributed by atoms with van der Waals surface area (Å²) < 4.78 is 19.2. The van der Waals surface area contributed by atoms with Crippen molar-refractivity contribution < 1.29 is 18.7 Å².